The van der Waals surface area contributed by atoms with Crippen LogP contribution in [0.3, 0.4) is 0 Å². The summed E-state index contributed by atoms with van der Waals surface area (Å²) >= 11 is -0.543. The van der Waals surface area contributed by atoms with Gasteiger partial charge >= 0.3 is 11.5 Å². The summed E-state index contributed by atoms with van der Waals surface area (Å²) in [6.07, 6.45) is -3.72. The van der Waals surface area contributed by atoms with Crippen molar-refractivity contribution in [3.8, 4) is 6.07 Å². The van der Waals surface area contributed by atoms with E-state index in [0.717, 1.165) is 12.1 Å². The maximum absolute atomic E-state index is 13.0. The molecule has 0 aliphatic carbocycles. The number of rotatable bonds is 5. The molecule has 0 amide bonds. The molecule has 0 spiro atoms. The third-order valence-electron chi connectivity index (χ3n) is 2.45. The summed E-state index contributed by atoms with van der Waals surface area (Å²) in [4.78, 5) is 11.0. The highest BCUT2D eigenvalue weighted by Gasteiger charge is 2.31. The van der Waals surface area contributed by atoms with Gasteiger partial charge in [-0.25, -0.2) is 8.78 Å². The van der Waals surface area contributed by atoms with E-state index in [4.69, 9.17) is 5.26 Å². The minimum Gasteiger partial charge on any atom is -0.466 e. The third kappa shape index (κ3) is 5.18. The molecule has 22 heavy (non-hydrogen) atoms. The smallest absolute Gasteiger partial charge is 0.446 e. The zero-order valence-corrected chi connectivity index (χ0v) is 12.0. The van der Waals surface area contributed by atoms with Crippen molar-refractivity contribution in [1.82, 2.24) is 0 Å². The Morgan fingerprint density at radius 3 is 2.50 bits per heavy atom. The summed E-state index contributed by atoms with van der Waals surface area (Å²) < 4.78 is 67.9. The first-order valence-corrected chi connectivity index (χ1v) is 6.76. The van der Waals surface area contributed by atoms with E-state index in [1.807, 2.05) is 0 Å². The molecule has 9 heteroatoms. The Morgan fingerprint density at radius 2 is 2.05 bits per heavy atom. The van der Waals surface area contributed by atoms with Crippen LogP contribution in [0.4, 0.5) is 22.0 Å². The molecule has 0 saturated heterocycles. The van der Waals surface area contributed by atoms with Crippen molar-refractivity contribution in [3.05, 3.63) is 28.8 Å². The van der Waals surface area contributed by atoms with Crippen LogP contribution in [0, 0.1) is 11.3 Å². The Balaban J connectivity index is 3.32. The largest absolute Gasteiger partial charge is 0.466 e. The molecule has 1 rings (SSSR count). The van der Waals surface area contributed by atoms with Crippen LogP contribution in [0.15, 0.2) is 17.0 Å². The fourth-order valence-corrected chi connectivity index (χ4v) is 2.39. The lowest BCUT2D eigenvalue weighted by Crippen LogP contribution is -2.11. The SMILES string of the molecule is CCOC(=O)Cc1cc(SC(F)(F)F)cc(C#N)c1C(F)F. The van der Waals surface area contributed by atoms with Gasteiger partial charge in [0, 0.05) is 10.5 Å². The van der Waals surface area contributed by atoms with E-state index in [2.05, 4.69) is 4.74 Å². The zero-order chi connectivity index (χ0) is 16.9. The van der Waals surface area contributed by atoms with Crippen molar-refractivity contribution in [3.63, 3.8) is 0 Å². The van der Waals surface area contributed by atoms with E-state index < -0.39 is 52.1 Å². The van der Waals surface area contributed by atoms with Crippen molar-refractivity contribution < 1.29 is 31.5 Å². The minimum atomic E-state index is -4.64. The van der Waals surface area contributed by atoms with Crippen LogP contribution < -0.4 is 0 Å². The quantitative estimate of drug-likeness (QED) is 0.458. The summed E-state index contributed by atoms with van der Waals surface area (Å²) in [5, 5.41) is 8.86. The van der Waals surface area contributed by atoms with E-state index in [0.29, 0.717) is 0 Å². The van der Waals surface area contributed by atoms with Crippen molar-refractivity contribution in [1.29, 1.82) is 5.26 Å². The lowest BCUT2D eigenvalue weighted by molar-refractivity contribution is -0.142. The first-order valence-electron chi connectivity index (χ1n) is 5.94. The van der Waals surface area contributed by atoms with Gasteiger partial charge in [0.25, 0.3) is 6.43 Å². The summed E-state index contributed by atoms with van der Waals surface area (Å²) in [5.74, 6) is -0.859. The topological polar surface area (TPSA) is 50.1 Å². The van der Waals surface area contributed by atoms with Crippen molar-refractivity contribution in [2.24, 2.45) is 0 Å². The fraction of sp³-hybridized carbons (Fsp3) is 0.385. The van der Waals surface area contributed by atoms with Crippen molar-refractivity contribution in [2.45, 2.75) is 30.2 Å². The molecular weight excluding hydrogens is 329 g/mol. The highest BCUT2D eigenvalue weighted by molar-refractivity contribution is 8.00. The molecule has 1 aromatic rings. The molecule has 0 fully saturated rings. The Morgan fingerprint density at radius 1 is 1.41 bits per heavy atom. The molecule has 0 radical (unpaired) electrons. The molecule has 0 aromatic heterocycles. The summed E-state index contributed by atoms with van der Waals surface area (Å²) in [6, 6.07) is 3.00. The lowest BCUT2D eigenvalue weighted by atomic mass is 9.99. The van der Waals surface area contributed by atoms with Crippen LogP contribution in [0.5, 0.6) is 0 Å². The van der Waals surface area contributed by atoms with Gasteiger partial charge in [0.1, 0.15) is 0 Å². The molecule has 0 heterocycles. The van der Waals surface area contributed by atoms with Crippen LogP contribution in [0.25, 0.3) is 0 Å². The predicted molar refractivity (Wildman–Crippen MR) is 68.4 cm³/mol. The number of hydrogen-bond donors (Lipinski definition) is 0. The number of nitriles is 1. The number of halogens is 5. The highest BCUT2D eigenvalue weighted by Crippen LogP contribution is 2.39. The number of benzene rings is 1. The molecule has 0 aliphatic rings. The number of carbonyl (C=O) groups excluding carboxylic acids is 1. The first-order chi connectivity index (χ1) is 10.2. The third-order valence-corrected chi connectivity index (χ3v) is 3.15. The van der Waals surface area contributed by atoms with E-state index in [1.165, 1.54) is 13.0 Å². The molecule has 1 aromatic carbocycles. The maximum Gasteiger partial charge on any atom is 0.446 e. The number of nitrogens with zero attached hydrogens (tertiary/aromatic N) is 1. The van der Waals surface area contributed by atoms with Gasteiger partial charge in [0.05, 0.1) is 24.7 Å². The normalized spacial score (nSPS) is 11.4. The van der Waals surface area contributed by atoms with Crippen LogP contribution >= 0.6 is 11.8 Å². The van der Waals surface area contributed by atoms with Gasteiger partial charge in [-0.3, -0.25) is 4.79 Å². The van der Waals surface area contributed by atoms with Crippen LogP contribution in [0.1, 0.15) is 30.0 Å². The molecule has 0 N–H and O–H groups in total. The average Bonchev–Trinajstić information content (AvgIpc) is 2.35. The van der Waals surface area contributed by atoms with E-state index in [9.17, 15) is 26.7 Å². The van der Waals surface area contributed by atoms with Gasteiger partial charge in [0.2, 0.25) is 0 Å². The zero-order valence-electron chi connectivity index (χ0n) is 11.2. The number of esters is 1. The Bertz CT molecular complexity index is 595. The average molecular weight is 339 g/mol. The molecular formula is C13H10F5NO2S. The molecule has 120 valence electrons. The summed E-state index contributed by atoms with van der Waals surface area (Å²) in [6.45, 7) is 1.51. The molecule has 3 nitrogen and oxygen atoms in total. The number of thioether (sulfide) groups is 1. The second-order valence-electron chi connectivity index (χ2n) is 3.99. The predicted octanol–water partition coefficient (Wildman–Crippen LogP) is 4.21. The minimum absolute atomic E-state index is 0.00490. The first kappa shape index (κ1) is 18.2. The van der Waals surface area contributed by atoms with E-state index >= 15 is 0 Å². The lowest BCUT2D eigenvalue weighted by Gasteiger charge is -2.13. The molecule has 0 atom stereocenters. The van der Waals surface area contributed by atoms with Crippen molar-refractivity contribution in [2.75, 3.05) is 6.61 Å². The highest BCUT2D eigenvalue weighted by atomic mass is 32.2. The standard InChI is InChI=1S/C13H10F5NO2S/c1-2-21-10(20)5-7-3-9(22-13(16,17)18)4-8(6-19)11(7)12(14)15/h3-4,12H,2,5H2,1H3. The Kier molecular flexibility index (Phi) is 6.17. The monoisotopic (exact) mass is 339 g/mol. The van der Waals surface area contributed by atoms with E-state index in [1.54, 1.807) is 0 Å². The maximum atomic E-state index is 13.0. The molecule has 0 aliphatic heterocycles. The van der Waals surface area contributed by atoms with Gasteiger partial charge in [-0.2, -0.15) is 18.4 Å². The van der Waals surface area contributed by atoms with Crippen LogP contribution in [-0.4, -0.2) is 18.1 Å². The van der Waals surface area contributed by atoms with Gasteiger partial charge in [-0.05, 0) is 36.4 Å². The Hall–Kier alpha value is -1.82. The van der Waals surface area contributed by atoms with Gasteiger partial charge < -0.3 is 4.74 Å². The number of hydrogen-bond acceptors (Lipinski definition) is 4. The number of alkyl halides is 5. The number of ether oxygens (including phenoxy) is 1. The van der Waals surface area contributed by atoms with E-state index in [-0.39, 0.29) is 12.2 Å². The second-order valence-corrected chi connectivity index (χ2v) is 5.12. The molecule has 0 bridgehead atoms. The molecule has 0 unspecified atom stereocenters. The second kappa shape index (κ2) is 7.45. The fourth-order valence-electron chi connectivity index (χ4n) is 1.74. The van der Waals surface area contributed by atoms with Crippen LogP contribution in [-0.2, 0) is 16.0 Å². The van der Waals surface area contributed by atoms with Crippen molar-refractivity contribution >= 4 is 17.7 Å². The van der Waals surface area contributed by atoms with Crippen LogP contribution in [0.2, 0.25) is 0 Å². The van der Waals surface area contributed by atoms with Gasteiger partial charge in [-0.15, -0.1) is 0 Å². The van der Waals surface area contributed by atoms with Gasteiger partial charge in [-0.1, -0.05) is 0 Å². The summed E-state index contributed by atoms with van der Waals surface area (Å²) in [5.41, 5.74) is -6.33. The van der Waals surface area contributed by atoms with Gasteiger partial charge in [0.15, 0.2) is 0 Å². The molecule has 0 saturated carbocycles. The summed E-state index contributed by atoms with van der Waals surface area (Å²) in [7, 11) is 0. The number of carbonyl (C=O) groups is 1. The Labute approximate surface area is 127 Å².